The fourth-order valence-electron chi connectivity index (χ4n) is 4.40. The van der Waals surface area contributed by atoms with Crippen molar-refractivity contribution in [2.45, 2.75) is 25.7 Å². The Morgan fingerprint density at radius 2 is 1.00 bits per heavy atom. The Morgan fingerprint density at radius 1 is 0.625 bits per heavy atom. The average Bonchev–Trinajstić information content (AvgIpc) is 3.27. The monoisotopic (exact) mass is 424 g/mol. The van der Waals surface area contributed by atoms with Crippen molar-refractivity contribution in [2.24, 2.45) is 0 Å². The van der Waals surface area contributed by atoms with Crippen molar-refractivity contribution in [1.29, 1.82) is 0 Å². The topological polar surface area (TPSA) is 40.6 Å². The lowest BCUT2D eigenvalue weighted by Gasteiger charge is -2.25. The number of carbonyl (C=O) groups is 2. The highest BCUT2D eigenvalue weighted by Gasteiger charge is 2.48. The molecule has 2 heterocycles. The van der Waals surface area contributed by atoms with Crippen molar-refractivity contribution in [1.82, 2.24) is 9.80 Å². The van der Waals surface area contributed by atoms with Gasteiger partial charge in [-0.25, -0.2) is 0 Å². The molecule has 0 saturated carbocycles. The van der Waals surface area contributed by atoms with E-state index in [0.717, 1.165) is 48.2 Å². The van der Waals surface area contributed by atoms with Gasteiger partial charge in [-0.3, -0.25) is 9.59 Å². The summed E-state index contributed by atoms with van der Waals surface area (Å²) in [6.07, 6.45) is 6.94. The molecule has 0 radical (unpaired) electrons. The minimum absolute atomic E-state index is 0.0960. The smallest absolute Gasteiger partial charge is 0.261 e. The van der Waals surface area contributed by atoms with Crippen LogP contribution >= 0.6 is 0 Å². The van der Waals surface area contributed by atoms with E-state index in [1.54, 1.807) is 9.80 Å². The van der Waals surface area contributed by atoms with Gasteiger partial charge < -0.3 is 9.80 Å². The van der Waals surface area contributed by atoms with Crippen LogP contribution in [0.25, 0.3) is 11.4 Å². The Balaban J connectivity index is 1.89. The fourth-order valence-corrected chi connectivity index (χ4v) is 4.40. The molecule has 0 saturated heterocycles. The number of rotatable bonds is 10. The quantitative estimate of drug-likeness (QED) is 0.377. The molecule has 4 rings (SSSR count). The van der Waals surface area contributed by atoms with Crippen LogP contribution in [0.15, 0.2) is 97.1 Å². The zero-order valence-electron chi connectivity index (χ0n) is 18.3. The van der Waals surface area contributed by atoms with Gasteiger partial charge >= 0.3 is 0 Å². The molecule has 2 aromatic carbocycles. The van der Waals surface area contributed by atoms with Gasteiger partial charge in [0.05, 0.1) is 22.5 Å². The molecule has 2 amide bonds. The van der Waals surface area contributed by atoms with Crippen LogP contribution in [0.3, 0.4) is 0 Å². The number of allylic oxidation sites excluding steroid dienone is 2. The van der Waals surface area contributed by atoms with Gasteiger partial charge in [0.15, 0.2) is 0 Å². The van der Waals surface area contributed by atoms with Crippen LogP contribution in [-0.2, 0) is 9.59 Å². The van der Waals surface area contributed by atoms with Crippen molar-refractivity contribution in [2.75, 3.05) is 13.1 Å². The highest BCUT2D eigenvalue weighted by molar-refractivity contribution is 6.30. The molecular formula is C28H28N2O2. The third-order valence-electron chi connectivity index (χ3n) is 5.86. The molecule has 0 spiro atoms. The van der Waals surface area contributed by atoms with Gasteiger partial charge in [-0.1, -0.05) is 72.8 Å². The van der Waals surface area contributed by atoms with Crippen molar-refractivity contribution in [3.8, 4) is 0 Å². The molecule has 32 heavy (non-hydrogen) atoms. The second-order valence-corrected chi connectivity index (χ2v) is 7.95. The van der Waals surface area contributed by atoms with Gasteiger partial charge in [-0.05, 0) is 36.8 Å². The van der Waals surface area contributed by atoms with Gasteiger partial charge in [0, 0.05) is 13.1 Å². The average molecular weight is 425 g/mol. The molecule has 0 aliphatic carbocycles. The van der Waals surface area contributed by atoms with Crippen LogP contribution in [0.2, 0.25) is 0 Å². The van der Waals surface area contributed by atoms with Crippen molar-refractivity contribution < 1.29 is 9.59 Å². The first-order valence-corrected chi connectivity index (χ1v) is 11.1. The number of hydrogen-bond donors (Lipinski definition) is 0. The molecule has 2 aliphatic heterocycles. The summed E-state index contributed by atoms with van der Waals surface area (Å²) < 4.78 is 0. The second kappa shape index (κ2) is 9.65. The second-order valence-electron chi connectivity index (χ2n) is 7.95. The number of hydrogen-bond acceptors (Lipinski definition) is 2. The molecule has 4 heteroatoms. The maximum absolute atomic E-state index is 13.8. The molecular weight excluding hydrogens is 396 g/mol. The summed E-state index contributed by atoms with van der Waals surface area (Å²) in [7, 11) is 0. The zero-order chi connectivity index (χ0) is 22.5. The third-order valence-corrected chi connectivity index (χ3v) is 5.86. The third kappa shape index (κ3) is 3.84. The van der Waals surface area contributed by atoms with E-state index in [1.165, 1.54) is 0 Å². The number of unbranched alkanes of at least 4 members (excludes halogenated alkanes) is 2. The molecule has 4 nitrogen and oxygen atoms in total. The van der Waals surface area contributed by atoms with E-state index < -0.39 is 0 Å². The normalized spacial score (nSPS) is 15.6. The van der Waals surface area contributed by atoms with E-state index in [2.05, 4.69) is 13.2 Å². The van der Waals surface area contributed by atoms with Crippen LogP contribution in [0.1, 0.15) is 36.8 Å². The number of benzene rings is 2. The van der Waals surface area contributed by atoms with E-state index in [1.807, 2.05) is 72.8 Å². The molecule has 0 fully saturated rings. The highest BCUT2D eigenvalue weighted by atomic mass is 16.2. The lowest BCUT2D eigenvalue weighted by atomic mass is 10.0. The Labute approximate surface area is 189 Å². The summed E-state index contributed by atoms with van der Waals surface area (Å²) in [5.74, 6) is -0.192. The largest absolute Gasteiger partial charge is 0.307 e. The van der Waals surface area contributed by atoms with E-state index in [0.29, 0.717) is 24.2 Å². The van der Waals surface area contributed by atoms with Crippen molar-refractivity contribution in [3.63, 3.8) is 0 Å². The molecule has 0 atom stereocenters. The molecule has 0 unspecified atom stereocenters. The summed E-state index contributed by atoms with van der Waals surface area (Å²) in [4.78, 5) is 31.1. The lowest BCUT2D eigenvalue weighted by Crippen LogP contribution is -2.31. The maximum atomic E-state index is 13.8. The van der Waals surface area contributed by atoms with Gasteiger partial charge in [0.2, 0.25) is 0 Å². The van der Waals surface area contributed by atoms with Crippen molar-refractivity contribution >= 4 is 23.2 Å². The van der Waals surface area contributed by atoms with Gasteiger partial charge in [0.1, 0.15) is 0 Å². The van der Waals surface area contributed by atoms with E-state index in [4.69, 9.17) is 0 Å². The Kier molecular flexibility index (Phi) is 6.50. The predicted octanol–water partition coefficient (Wildman–Crippen LogP) is 5.43. The standard InChI is InChI=1S/C28H28N2O2/c1-3-5-13-19-29-25(21-15-9-7-10-16-21)23-24(27(29)31)26(22-17-11-8-12-18-22)30(28(23)32)20-14-6-4-2/h3-4,7-12,15-18H,1-2,5-6,13-14,19-20H2. The Bertz CT molecular complexity index is 1010. The first kappa shape index (κ1) is 21.6. The molecule has 0 N–H and O–H groups in total. The Morgan fingerprint density at radius 3 is 1.34 bits per heavy atom. The molecule has 2 aromatic rings. The van der Waals surface area contributed by atoms with E-state index in [-0.39, 0.29) is 11.8 Å². The molecule has 0 bridgehead atoms. The maximum Gasteiger partial charge on any atom is 0.261 e. The predicted molar refractivity (Wildman–Crippen MR) is 129 cm³/mol. The van der Waals surface area contributed by atoms with Crippen LogP contribution in [-0.4, -0.2) is 34.7 Å². The molecule has 2 aliphatic rings. The first-order chi connectivity index (χ1) is 15.7. The van der Waals surface area contributed by atoms with Crippen LogP contribution in [0.5, 0.6) is 0 Å². The summed E-state index contributed by atoms with van der Waals surface area (Å²) in [5.41, 5.74) is 4.27. The molecule has 0 aromatic heterocycles. The van der Waals surface area contributed by atoms with E-state index >= 15 is 0 Å². The summed E-state index contributed by atoms with van der Waals surface area (Å²) in [5, 5.41) is 0. The van der Waals surface area contributed by atoms with Crippen LogP contribution in [0.4, 0.5) is 0 Å². The summed E-state index contributed by atoms with van der Waals surface area (Å²) >= 11 is 0. The number of fused-ring (bicyclic) bond motifs is 1. The first-order valence-electron chi connectivity index (χ1n) is 11.1. The summed E-state index contributed by atoms with van der Waals surface area (Å²) in [6.45, 7) is 8.69. The zero-order valence-corrected chi connectivity index (χ0v) is 18.3. The Hall–Kier alpha value is -3.66. The highest BCUT2D eigenvalue weighted by Crippen LogP contribution is 2.46. The van der Waals surface area contributed by atoms with Gasteiger partial charge in [-0.2, -0.15) is 0 Å². The number of carbonyl (C=O) groups excluding carboxylic acids is 2. The minimum atomic E-state index is -0.0960. The van der Waals surface area contributed by atoms with Crippen LogP contribution in [0, 0.1) is 0 Å². The van der Waals surface area contributed by atoms with Gasteiger partial charge in [-0.15, -0.1) is 13.2 Å². The minimum Gasteiger partial charge on any atom is -0.307 e. The lowest BCUT2D eigenvalue weighted by molar-refractivity contribution is -0.124. The van der Waals surface area contributed by atoms with Crippen LogP contribution < -0.4 is 0 Å². The van der Waals surface area contributed by atoms with Crippen molar-refractivity contribution in [3.05, 3.63) is 108 Å². The SMILES string of the molecule is C=CCCCN1C(=O)C2=C(c3ccccc3)N(CCCC=C)C(=O)C2=C1c1ccccc1. The number of nitrogens with zero attached hydrogens (tertiary/aromatic N) is 2. The van der Waals surface area contributed by atoms with E-state index in [9.17, 15) is 9.59 Å². The summed E-state index contributed by atoms with van der Waals surface area (Å²) in [6, 6.07) is 19.5. The molecule has 162 valence electrons. The fraction of sp³-hybridized carbons (Fsp3) is 0.214. The number of amides is 2. The van der Waals surface area contributed by atoms with Gasteiger partial charge in [0.25, 0.3) is 11.8 Å².